The number of hydrogen-bond donors (Lipinski definition) is 1. The molecule has 1 N–H and O–H groups in total. The number of nitrogens with zero attached hydrogens (tertiary/aromatic N) is 3. The Bertz CT molecular complexity index is 667. The van der Waals surface area contributed by atoms with Crippen molar-refractivity contribution in [1.82, 2.24) is 15.0 Å². The molecule has 134 valence electrons. The van der Waals surface area contributed by atoms with Crippen molar-refractivity contribution in [2.45, 2.75) is 57.1 Å². The smallest absolute Gasteiger partial charge is 0.244 e. The molecule has 5 nitrogen and oxygen atoms in total. The summed E-state index contributed by atoms with van der Waals surface area (Å²) in [7, 11) is 0. The van der Waals surface area contributed by atoms with Crippen molar-refractivity contribution < 1.29 is 9.63 Å². The first-order chi connectivity index (χ1) is 12.3. The molecule has 2 aromatic rings. The van der Waals surface area contributed by atoms with Crippen LogP contribution in [-0.2, 0) is 6.42 Å². The van der Waals surface area contributed by atoms with E-state index >= 15 is 0 Å². The number of benzene rings is 1. The van der Waals surface area contributed by atoms with Gasteiger partial charge in [0.1, 0.15) is 0 Å². The SMILES string of the molecule is OC1CC(c2nc(Cc3ccccc3)no2)N(CC2CCCCC2)C1. The summed E-state index contributed by atoms with van der Waals surface area (Å²) in [4.78, 5) is 7.00. The van der Waals surface area contributed by atoms with Crippen LogP contribution in [0.4, 0.5) is 0 Å². The van der Waals surface area contributed by atoms with E-state index in [1.165, 1.54) is 37.7 Å². The fourth-order valence-corrected chi connectivity index (χ4v) is 4.29. The summed E-state index contributed by atoms with van der Waals surface area (Å²) in [5.74, 6) is 2.13. The Balaban J connectivity index is 1.44. The van der Waals surface area contributed by atoms with Crippen molar-refractivity contribution in [1.29, 1.82) is 0 Å². The summed E-state index contributed by atoms with van der Waals surface area (Å²) in [5, 5.41) is 14.3. The van der Waals surface area contributed by atoms with Crippen molar-refractivity contribution in [2.75, 3.05) is 13.1 Å². The molecule has 4 rings (SSSR count). The molecule has 1 aliphatic heterocycles. The van der Waals surface area contributed by atoms with Crippen LogP contribution in [0, 0.1) is 5.92 Å². The maximum absolute atomic E-state index is 10.2. The Morgan fingerprint density at radius 2 is 1.92 bits per heavy atom. The monoisotopic (exact) mass is 341 g/mol. The molecule has 0 radical (unpaired) electrons. The molecular weight excluding hydrogens is 314 g/mol. The van der Waals surface area contributed by atoms with Crippen LogP contribution >= 0.6 is 0 Å². The largest absolute Gasteiger partial charge is 0.392 e. The highest BCUT2D eigenvalue weighted by atomic mass is 16.5. The maximum atomic E-state index is 10.2. The van der Waals surface area contributed by atoms with Crippen LogP contribution in [0.5, 0.6) is 0 Å². The van der Waals surface area contributed by atoms with Crippen LogP contribution in [0.1, 0.15) is 61.8 Å². The van der Waals surface area contributed by atoms with E-state index in [-0.39, 0.29) is 12.1 Å². The lowest BCUT2D eigenvalue weighted by Gasteiger charge is -2.29. The van der Waals surface area contributed by atoms with E-state index in [1.807, 2.05) is 18.2 Å². The van der Waals surface area contributed by atoms with Gasteiger partial charge in [0, 0.05) is 19.5 Å². The van der Waals surface area contributed by atoms with Gasteiger partial charge < -0.3 is 9.63 Å². The molecule has 0 amide bonds. The maximum Gasteiger partial charge on any atom is 0.244 e. The first kappa shape index (κ1) is 16.7. The second kappa shape index (κ2) is 7.67. The summed E-state index contributed by atoms with van der Waals surface area (Å²) in [6.45, 7) is 1.76. The van der Waals surface area contributed by atoms with Crippen LogP contribution in [-0.4, -0.2) is 39.3 Å². The number of β-amino-alcohol motifs (C(OH)–C–C–N with tert-alkyl or cyclic N) is 1. The molecule has 25 heavy (non-hydrogen) atoms. The number of likely N-dealkylation sites (tertiary alicyclic amines) is 1. The topological polar surface area (TPSA) is 62.4 Å². The second-order valence-electron chi connectivity index (χ2n) is 7.57. The van der Waals surface area contributed by atoms with Crippen molar-refractivity contribution in [3.8, 4) is 0 Å². The molecule has 2 fully saturated rings. The van der Waals surface area contributed by atoms with E-state index in [9.17, 15) is 5.11 Å². The van der Waals surface area contributed by atoms with Gasteiger partial charge in [0.05, 0.1) is 12.1 Å². The van der Waals surface area contributed by atoms with Crippen molar-refractivity contribution in [3.05, 3.63) is 47.6 Å². The van der Waals surface area contributed by atoms with Gasteiger partial charge in [-0.2, -0.15) is 4.98 Å². The second-order valence-corrected chi connectivity index (χ2v) is 7.57. The first-order valence-corrected chi connectivity index (χ1v) is 9.56. The van der Waals surface area contributed by atoms with Crippen molar-refractivity contribution >= 4 is 0 Å². The van der Waals surface area contributed by atoms with Crippen LogP contribution in [0.3, 0.4) is 0 Å². The summed E-state index contributed by atoms with van der Waals surface area (Å²) in [6, 6.07) is 10.3. The van der Waals surface area contributed by atoms with Gasteiger partial charge in [-0.25, -0.2) is 0 Å². The quantitative estimate of drug-likeness (QED) is 0.903. The van der Waals surface area contributed by atoms with E-state index in [0.29, 0.717) is 18.7 Å². The fourth-order valence-electron chi connectivity index (χ4n) is 4.29. The average Bonchev–Trinajstić information content (AvgIpc) is 3.23. The normalized spacial score (nSPS) is 25.5. The van der Waals surface area contributed by atoms with Gasteiger partial charge in [-0.1, -0.05) is 54.8 Å². The summed E-state index contributed by atoms with van der Waals surface area (Å²) in [5.41, 5.74) is 1.18. The van der Waals surface area contributed by atoms with Gasteiger partial charge in [-0.05, 0) is 30.7 Å². The molecule has 0 bridgehead atoms. The third-order valence-corrected chi connectivity index (χ3v) is 5.57. The van der Waals surface area contributed by atoms with Crippen LogP contribution in [0.15, 0.2) is 34.9 Å². The van der Waals surface area contributed by atoms with Crippen LogP contribution in [0.2, 0.25) is 0 Å². The molecule has 1 saturated heterocycles. The minimum Gasteiger partial charge on any atom is -0.392 e. The van der Waals surface area contributed by atoms with Gasteiger partial charge in [0.2, 0.25) is 5.89 Å². The summed E-state index contributed by atoms with van der Waals surface area (Å²) < 4.78 is 5.57. The molecule has 2 aliphatic rings. The Hall–Kier alpha value is -1.72. The fraction of sp³-hybridized carbons (Fsp3) is 0.600. The predicted octanol–water partition coefficient (Wildman–Crippen LogP) is 3.35. The minimum atomic E-state index is -0.293. The number of hydrogen-bond acceptors (Lipinski definition) is 5. The van der Waals surface area contributed by atoms with Gasteiger partial charge >= 0.3 is 0 Å². The van der Waals surface area contributed by atoms with E-state index < -0.39 is 0 Å². The summed E-state index contributed by atoms with van der Waals surface area (Å²) >= 11 is 0. The molecule has 1 aromatic heterocycles. The zero-order valence-corrected chi connectivity index (χ0v) is 14.7. The lowest BCUT2D eigenvalue weighted by Crippen LogP contribution is -2.31. The van der Waals surface area contributed by atoms with Gasteiger partial charge in [0.25, 0.3) is 0 Å². The molecule has 1 aromatic carbocycles. The van der Waals surface area contributed by atoms with E-state index in [1.54, 1.807) is 0 Å². The number of aromatic nitrogens is 2. The van der Waals surface area contributed by atoms with E-state index in [0.717, 1.165) is 24.8 Å². The van der Waals surface area contributed by atoms with Crippen molar-refractivity contribution in [2.24, 2.45) is 5.92 Å². The lowest BCUT2D eigenvalue weighted by molar-refractivity contribution is 0.147. The van der Waals surface area contributed by atoms with Gasteiger partial charge in [-0.15, -0.1) is 0 Å². The molecular formula is C20H27N3O2. The number of rotatable bonds is 5. The van der Waals surface area contributed by atoms with Gasteiger partial charge in [0.15, 0.2) is 5.82 Å². The van der Waals surface area contributed by atoms with E-state index in [4.69, 9.17) is 4.52 Å². The molecule has 1 aliphatic carbocycles. The standard InChI is InChI=1S/C20H27N3O2/c24-17-12-18(23(14-17)13-16-9-5-2-6-10-16)20-21-19(22-25-20)11-15-7-3-1-4-8-15/h1,3-4,7-8,16-18,24H,2,5-6,9-14H2. The third-order valence-electron chi connectivity index (χ3n) is 5.57. The molecule has 1 saturated carbocycles. The molecule has 2 atom stereocenters. The zero-order valence-electron chi connectivity index (χ0n) is 14.7. The van der Waals surface area contributed by atoms with E-state index in [2.05, 4.69) is 27.2 Å². The van der Waals surface area contributed by atoms with Crippen molar-refractivity contribution in [3.63, 3.8) is 0 Å². The highest BCUT2D eigenvalue weighted by molar-refractivity contribution is 5.18. The number of aliphatic hydroxyl groups excluding tert-OH is 1. The van der Waals surface area contributed by atoms with Crippen LogP contribution < -0.4 is 0 Å². The first-order valence-electron chi connectivity index (χ1n) is 9.56. The number of aliphatic hydroxyl groups is 1. The third kappa shape index (κ3) is 4.10. The predicted molar refractivity (Wildman–Crippen MR) is 95.1 cm³/mol. The highest BCUT2D eigenvalue weighted by Crippen LogP contribution is 2.34. The van der Waals surface area contributed by atoms with Crippen LogP contribution in [0.25, 0.3) is 0 Å². The lowest BCUT2D eigenvalue weighted by atomic mass is 9.89. The highest BCUT2D eigenvalue weighted by Gasteiger charge is 2.37. The molecule has 0 spiro atoms. The summed E-state index contributed by atoms with van der Waals surface area (Å²) in [6.07, 6.45) is 7.75. The molecule has 2 unspecified atom stereocenters. The Kier molecular flexibility index (Phi) is 5.13. The Labute approximate surface area is 149 Å². The Morgan fingerprint density at radius 1 is 1.12 bits per heavy atom. The molecule has 2 heterocycles. The van der Waals surface area contributed by atoms with Gasteiger partial charge in [-0.3, -0.25) is 4.90 Å². The average molecular weight is 341 g/mol. The molecule has 5 heteroatoms. The Morgan fingerprint density at radius 3 is 2.72 bits per heavy atom. The zero-order chi connectivity index (χ0) is 17.1. The minimum absolute atomic E-state index is 0.0638.